The molecule has 0 fully saturated rings. The van der Waals surface area contributed by atoms with Gasteiger partial charge in [0.2, 0.25) is 0 Å². The van der Waals surface area contributed by atoms with Gasteiger partial charge in [0.15, 0.2) is 0 Å². The molecule has 4 nitrogen and oxygen atoms in total. The highest BCUT2D eigenvalue weighted by molar-refractivity contribution is 6.31. The molecule has 0 aliphatic rings. The van der Waals surface area contributed by atoms with Crippen LogP contribution in [-0.2, 0) is 6.54 Å². The lowest BCUT2D eigenvalue weighted by atomic mass is 10.1. The molecule has 1 amide bonds. The molecule has 6 heteroatoms. The first-order valence-electron chi connectivity index (χ1n) is 7.96. The fourth-order valence-electron chi connectivity index (χ4n) is 2.55. The Bertz CT molecular complexity index is 1010. The summed E-state index contributed by atoms with van der Waals surface area (Å²) in [6, 6.07) is 14.1. The second-order valence-electron chi connectivity index (χ2n) is 5.85. The van der Waals surface area contributed by atoms with Crippen molar-refractivity contribution in [2.45, 2.75) is 13.5 Å². The smallest absolute Gasteiger partial charge is 0.263 e. The van der Waals surface area contributed by atoms with E-state index in [1.807, 2.05) is 0 Å². The minimum absolute atomic E-state index is 0.0222. The molecule has 0 aliphatic heterocycles. The lowest BCUT2D eigenvalue weighted by Crippen LogP contribution is -2.29. The van der Waals surface area contributed by atoms with E-state index in [2.05, 4.69) is 5.32 Å². The summed E-state index contributed by atoms with van der Waals surface area (Å²) in [4.78, 5) is 25.2. The molecular weight excluding hydrogens is 355 g/mol. The minimum Gasteiger partial charge on any atom is -0.322 e. The van der Waals surface area contributed by atoms with Crippen molar-refractivity contribution < 1.29 is 9.18 Å². The monoisotopic (exact) mass is 370 g/mol. The number of nitrogens with zero attached hydrogens (tertiary/aromatic N) is 1. The normalized spacial score (nSPS) is 10.6. The molecular formula is C20H16ClFN2O2. The van der Waals surface area contributed by atoms with Gasteiger partial charge in [0, 0.05) is 16.9 Å². The first-order chi connectivity index (χ1) is 12.5. The van der Waals surface area contributed by atoms with Crippen LogP contribution in [0.3, 0.4) is 0 Å². The lowest BCUT2D eigenvalue weighted by molar-refractivity contribution is 0.102. The highest BCUT2D eigenvalue weighted by Gasteiger charge is 2.14. The van der Waals surface area contributed by atoms with Crippen LogP contribution in [0.1, 0.15) is 21.5 Å². The van der Waals surface area contributed by atoms with Crippen molar-refractivity contribution in [3.05, 3.63) is 98.7 Å². The Labute approximate surface area is 154 Å². The highest BCUT2D eigenvalue weighted by atomic mass is 35.5. The van der Waals surface area contributed by atoms with Gasteiger partial charge in [-0.15, -0.1) is 0 Å². The van der Waals surface area contributed by atoms with Gasteiger partial charge in [-0.05, 0) is 54.4 Å². The number of aromatic nitrogens is 1. The molecule has 0 spiro atoms. The standard InChI is InChI=1S/C20H16ClFN2O2/c1-13-17(21)5-2-6-18(13)23-19(25)16-4-3-11-24(20(16)26)12-14-7-9-15(22)10-8-14/h2-11H,12H2,1H3,(H,23,25). The van der Waals surface area contributed by atoms with E-state index in [-0.39, 0.29) is 17.9 Å². The van der Waals surface area contributed by atoms with Gasteiger partial charge in [-0.3, -0.25) is 9.59 Å². The number of amides is 1. The molecule has 0 atom stereocenters. The number of nitrogens with one attached hydrogen (secondary N) is 1. The third kappa shape index (κ3) is 3.83. The topological polar surface area (TPSA) is 51.1 Å². The maximum atomic E-state index is 13.0. The second-order valence-corrected chi connectivity index (χ2v) is 6.26. The summed E-state index contributed by atoms with van der Waals surface area (Å²) in [7, 11) is 0. The number of halogens is 2. The molecule has 1 N–H and O–H groups in total. The summed E-state index contributed by atoms with van der Waals surface area (Å²) in [6.07, 6.45) is 1.59. The third-order valence-corrected chi connectivity index (χ3v) is 4.46. The molecule has 132 valence electrons. The Morgan fingerprint density at radius 3 is 2.58 bits per heavy atom. The van der Waals surface area contributed by atoms with Crippen LogP contribution in [0.5, 0.6) is 0 Å². The lowest BCUT2D eigenvalue weighted by Gasteiger charge is -2.11. The number of hydrogen-bond donors (Lipinski definition) is 1. The third-order valence-electron chi connectivity index (χ3n) is 4.05. The Hall–Kier alpha value is -2.92. The summed E-state index contributed by atoms with van der Waals surface area (Å²) >= 11 is 6.06. The van der Waals surface area contributed by atoms with E-state index in [0.717, 1.165) is 11.1 Å². The molecule has 0 unspecified atom stereocenters. The molecule has 26 heavy (non-hydrogen) atoms. The van der Waals surface area contributed by atoms with E-state index in [1.165, 1.54) is 22.8 Å². The quantitative estimate of drug-likeness (QED) is 0.746. The van der Waals surface area contributed by atoms with Gasteiger partial charge >= 0.3 is 0 Å². The first-order valence-corrected chi connectivity index (χ1v) is 8.34. The van der Waals surface area contributed by atoms with Crippen molar-refractivity contribution >= 4 is 23.2 Å². The summed E-state index contributed by atoms with van der Waals surface area (Å²) in [5, 5.41) is 3.25. The van der Waals surface area contributed by atoms with Crippen molar-refractivity contribution in [1.82, 2.24) is 4.57 Å². The SMILES string of the molecule is Cc1c(Cl)cccc1NC(=O)c1cccn(Cc2ccc(F)cc2)c1=O. The largest absolute Gasteiger partial charge is 0.322 e. The van der Waals surface area contributed by atoms with E-state index < -0.39 is 11.5 Å². The molecule has 3 aromatic rings. The highest BCUT2D eigenvalue weighted by Crippen LogP contribution is 2.23. The summed E-state index contributed by atoms with van der Waals surface area (Å²) in [6.45, 7) is 2.03. The van der Waals surface area contributed by atoms with Crippen LogP contribution in [-0.4, -0.2) is 10.5 Å². The van der Waals surface area contributed by atoms with Gasteiger partial charge in [0.1, 0.15) is 11.4 Å². The molecule has 0 radical (unpaired) electrons. The molecule has 2 aromatic carbocycles. The predicted molar refractivity (Wildman–Crippen MR) is 100 cm³/mol. The molecule has 1 aromatic heterocycles. The Kier molecular flexibility index (Phi) is 5.19. The van der Waals surface area contributed by atoms with E-state index in [9.17, 15) is 14.0 Å². The van der Waals surface area contributed by atoms with Crippen molar-refractivity contribution in [3.63, 3.8) is 0 Å². The van der Waals surface area contributed by atoms with Crippen molar-refractivity contribution in [2.75, 3.05) is 5.32 Å². The number of hydrogen-bond acceptors (Lipinski definition) is 2. The van der Waals surface area contributed by atoms with Gasteiger partial charge < -0.3 is 9.88 Å². The van der Waals surface area contributed by atoms with Gasteiger partial charge in [-0.25, -0.2) is 4.39 Å². The van der Waals surface area contributed by atoms with E-state index in [1.54, 1.807) is 49.5 Å². The average molecular weight is 371 g/mol. The molecule has 0 saturated carbocycles. The Balaban J connectivity index is 1.86. The number of rotatable bonds is 4. The number of benzene rings is 2. The number of carbonyl (C=O) groups is 1. The van der Waals surface area contributed by atoms with Crippen LogP contribution < -0.4 is 10.9 Å². The fourth-order valence-corrected chi connectivity index (χ4v) is 2.73. The maximum Gasteiger partial charge on any atom is 0.263 e. The number of carbonyl (C=O) groups excluding carboxylic acids is 1. The van der Waals surface area contributed by atoms with Gasteiger partial charge in [0.25, 0.3) is 11.5 Å². The molecule has 3 rings (SSSR count). The van der Waals surface area contributed by atoms with Crippen LogP contribution in [0.25, 0.3) is 0 Å². The number of pyridine rings is 1. The molecule has 0 bridgehead atoms. The predicted octanol–water partition coefficient (Wildman–Crippen LogP) is 4.25. The molecule has 0 aliphatic carbocycles. The van der Waals surface area contributed by atoms with Crippen LogP contribution >= 0.6 is 11.6 Å². The zero-order valence-electron chi connectivity index (χ0n) is 14.0. The minimum atomic E-state index is -0.506. The van der Waals surface area contributed by atoms with E-state index in [0.29, 0.717) is 10.7 Å². The van der Waals surface area contributed by atoms with Crippen LogP contribution in [0.4, 0.5) is 10.1 Å². The molecule has 0 saturated heterocycles. The summed E-state index contributed by atoms with van der Waals surface area (Å²) in [5.74, 6) is -0.847. The zero-order chi connectivity index (χ0) is 18.7. The van der Waals surface area contributed by atoms with Gasteiger partial charge in [-0.1, -0.05) is 29.8 Å². The van der Waals surface area contributed by atoms with Gasteiger partial charge in [0.05, 0.1) is 6.54 Å². The van der Waals surface area contributed by atoms with Crippen molar-refractivity contribution in [3.8, 4) is 0 Å². The maximum absolute atomic E-state index is 13.0. The van der Waals surface area contributed by atoms with Crippen LogP contribution in [0.2, 0.25) is 5.02 Å². The van der Waals surface area contributed by atoms with E-state index in [4.69, 9.17) is 11.6 Å². The van der Waals surface area contributed by atoms with Crippen molar-refractivity contribution in [1.29, 1.82) is 0 Å². The summed E-state index contributed by atoms with van der Waals surface area (Å²) < 4.78 is 14.4. The average Bonchev–Trinajstić information content (AvgIpc) is 2.62. The first kappa shape index (κ1) is 17.9. The van der Waals surface area contributed by atoms with Crippen LogP contribution in [0, 0.1) is 12.7 Å². The Morgan fingerprint density at radius 2 is 1.85 bits per heavy atom. The Morgan fingerprint density at radius 1 is 1.12 bits per heavy atom. The fraction of sp³-hybridized carbons (Fsp3) is 0.100. The van der Waals surface area contributed by atoms with E-state index >= 15 is 0 Å². The van der Waals surface area contributed by atoms with Crippen LogP contribution in [0.15, 0.2) is 65.6 Å². The summed E-state index contributed by atoms with van der Waals surface area (Å²) in [5.41, 5.74) is 1.64. The van der Waals surface area contributed by atoms with Gasteiger partial charge in [-0.2, -0.15) is 0 Å². The van der Waals surface area contributed by atoms with Crippen molar-refractivity contribution in [2.24, 2.45) is 0 Å². The zero-order valence-corrected chi connectivity index (χ0v) is 14.8. The molecule has 1 heterocycles. The second kappa shape index (κ2) is 7.54. The number of anilines is 1.